The molecule has 2 heterocycles. The molecular formula is C23H18FN3O4S. The molecule has 2 aromatic carbocycles. The monoisotopic (exact) mass is 451 g/mol. The molecule has 0 bridgehead atoms. The van der Waals surface area contributed by atoms with Crippen LogP contribution in [0.5, 0.6) is 0 Å². The predicted molar refractivity (Wildman–Crippen MR) is 118 cm³/mol. The number of halogens is 1. The van der Waals surface area contributed by atoms with E-state index < -0.39 is 31.9 Å². The van der Waals surface area contributed by atoms with Gasteiger partial charge in [0.15, 0.2) is 0 Å². The highest BCUT2D eigenvalue weighted by molar-refractivity contribution is 7.91. The number of pyridine rings is 2. The summed E-state index contributed by atoms with van der Waals surface area (Å²) in [5.41, 5.74) is 0.325. The molecule has 2 aromatic heterocycles. The number of amides is 1. The van der Waals surface area contributed by atoms with E-state index in [0.29, 0.717) is 5.69 Å². The van der Waals surface area contributed by atoms with Crippen molar-refractivity contribution < 1.29 is 17.6 Å². The van der Waals surface area contributed by atoms with Crippen LogP contribution in [0.15, 0.2) is 87.5 Å². The third kappa shape index (κ3) is 4.15. The minimum Gasteiger partial charge on any atom is -0.324 e. The molecule has 32 heavy (non-hydrogen) atoms. The van der Waals surface area contributed by atoms with Crippen molar-refractivity contribution in [2.75, 3.05) is 5.32 Å². The molecule has 7 nitrogen and oxygen atoms in total. The number of nitrogens with one attached hydrogen (secondary N) is 1. The Bertz CT molecular complexity index is 1500. The summed E-state index contributed by atoms with van der Waals surface area (Å²) in [5, 5.41) is 2.64. The van der Waals surface area contributed by atoms with Gasteiger partial charge < -0.3 is 9.88 Å². The van der Waals surface area contributed by atoms with Gasteiger partial charge in [-0.3, -0.25) is 9.59 Å². The van der Waals surface area contributed by atoms with Crippen molar-refractivity contribution in [3.8, 4) is 0 Å². The van der Waals surface area contributed by atoms with Gasteiger partial charge in [0.05, 0.1) is 10.3 Å². The number of fused-ring (bicyclic) bond motifs is 1. The molecule has 9 heteroatoms. The van der Waals surface area contributed by atoms with Crippen LogP contribution >= 0.6 is 0 Å². The quantitative estimate of drug-likeness (QED) is 0.502. The molecule has 0 aliphatic carbocycles. The lowest BCUT2D eigenvalue weighted by atomic mass is 10.2. The summed E-state index contributed by atoms with van der Waals surface area (Å²) in [6, 6.07) is 16.1. The van der Waals surface area contributed by atoms with Crippen LogP contribution in [0.2, 0.25) is 0 Å². The highest BCUT2D eigenvalue weighted by Gasteiger charge is 2.24. The van der Waals surface area contributed by atoms with E-state index in [0.717, 1.165) is 12.3 Å². The van der Waals surface area contributed by atoms with E-state index in [2.05, 4.69) is 10.3 Å². The summed E-state index contributed by atoms with van der Waals surface area (Å²) in [6.07, 6.45) is 1.13. The Morgan fingerprint density at radius 2 is 1.81 bits per heavy atom. The number of carbonyl (C=O) groups excluding carboxylic acids is 1. The number of hydrogen-bond donors (Lipinski definition) is 1. The van der Waals surface area contributed by atoms with Crippen molar-refractivity contribution in [3.05, 3.63) is 94.7 Å². The fourth-order valence-corrected chi connectivity index (χ4v) is 4.68. The Labute approximate surface area is 183 Å². The van der Waals surface area contributed by atoms with Gasteiger partial charge in [-0.15, -0.1) is 0 Å². The molecule has 1 N–H and O–H groups in total. The molecule has 4 rings (SSSR count). The number of sulfone groups is 1. The van der Waals surface area contributed by atoms with Gasteiger partial charge in [-0.2, -0.15) is 0 Å². The van der Waals surface area contributed by atoms with Gasteiger partial charge in [-0.1, -0.05) is 24.3 Å². The maximum atomic E-state index is 13.4. The summed E-state index contributed by atoms with van der Waals surface area (Å²) in [7, 11) is -4.14. The molecule has 0 atom stereocenters. The Morgan fingerprint density at radius 3 is 2.53 bits per heavy atom. The molecule has 4 aromatic rings. The van der Waals surface area contributed by atoms with E-state index >= 15 is 0 Å². The van der Waals surface area contributed by atoms with Crippen LogP contribution in [0.1, 0.15) is 5.69 Å². The first-order valence-corrected chi connectivity index (χ1v) is 11.1. The summed E-state index contributed by atoms with van der Waals surface area (Å²) >= 11 is 0. The van der Waals surface area contributed by atoms with Crippen LogP contribution < -0.4 is 10.7 Å². The predicted octanol–water partition coefficient (Wildman–Crippen LogP) is 3.32. The second-order valence-electron chi connectivity index (χ2n) is 7.15. The average molecular weight is 451 g/mol. The number of rotatable bonds is 5. The minimum absolute atomic E-state index is 0.0349. The Hall–Kier alpha value is -3.85. The molecule has 0 radical (unpaired) electrons. The van der Waals surface area contributed by atoms with Crippen LogP contribution in [0.3, 0.4) is 0 Å². The average Bonchev–Trinajstić information content (AvgIpc) is 2.76. The first-order chi connectivity index (χ1) is 15.3. The van der Waals surface area contributed by atoms with Gasteiger partial charge in [0.25, 0.3) is 0 Å². The SMILES string of the molecule is Cc1ccc2c(=O)c(S(=O)(=O)c3ccccc3)cn(CC(=O)Nc3cccc(F)c3)c2n1. The van der Waals surface area contributed by atoms with Crippen molar-refractivity contribution >= 4 is 32.5 Å². The smallest absolute Gasteiger partial charge is 0.244 e. The highest BCUT2D eigenvalue weighted by Crippen LogP contribution is 2.21. The molecule has 0 unspecified atom stereocenters. The van der Waals surface area contributed by atoms with E-state index in [-0.39, 0.29) is 28.2 Å². The number of carbonyl (C=O) groups is 1. The van der Waals surface area contributed by atoms with Crippen LogP contribution in [-0.2, 0) is 21.2 Å². The third-order valence-corrected chi connectivity index (χ3v) is 6.56. The lowest BCUT2D eigenvalue weighted by Crippen LogP contribution is -2.24. The number of aryl methyl sites for hydroxylation is 1. The zero-order chi connectivity index (χ0) is 22.9. The van der Waals surface area contributed by atoms with Crippen LogP contribution in [0.4, 0.5) is 10.1 Å². The second-order valence-corrected chi connectivity index (χ2v) is 9.07. The van der Waals surface area contributed by atoms with Gasteiger partial charge in [-0.05, 0) is 49.4 Å². The fraction of sp³-hybridized carbons (Fsp3) is 0.0870. The maximum Gasteiger partial charge on any atom is 0.244 e. The Kier molecular flexibility index (Phi) is 5.58. The largest absolute Gasteiger partial charge is 0.324 e. The first kappa shape index (κ1) is 21.4. The number of benzene rings is 2. The van der Waals surface area contributed by atoms with Gasteiger partial charge in [0, 0.05) is 17.6 Å². The van der Waals surface area contributed by atoms with Gasteiger partial charge in [0.2, 0.25) is 21.2 Å². The minimum atomic E-state index is -4.14. The van der Waals surface area contributed by atoms with Crippen LogP contribution in [-0.4, -0.2) is 23.9 Å². The molecule has 1 amide bonds. The molecule has 0 aliphatic heterocycles. The molecule has 0 saturated heterocycles. The Balaban J connectivity index is 1.83. The molecule has 162 valence electrons. The number of aromatic nitrogens is 2. The van der Waals surface area contributed by atoms with Crippen LogP contribution in [0, 0.1) is 12.7 Å². The number of hydrogen-bond acceptors (Lipinski definition) is 5. The normalized spacial score (nSPS) is 11.4. The zero-order valence-corrected chi connectivity index (χ0v) is 17.8. The number of nitrogens with zero attached hydrogens (tertiary/aromatic N) is 2. The summed E-state index contributed by atoms with van der Waals surface area (Å²) in [5.74, 6) is -1.04. The highest BCUT2D eigenvalue weighted by atomic mass is 32.2. The Morgan fingerprint density at radius 1 is 1.06 bits per heavy atom. The molecular weight excluding hydrogens is 433 g/mol. The first-order valence-electron chi connectivity index (χ1n) is 9.62. The molecule has 0 fully saturated rings. The van der Waals surface area contributed by atoms with Crippen LogP contribution in [0.25, 0.3) is 11.0 Å². The second kappa shape index (κ2) is 8.35. The van der Waals surface area contributed by atoms with Crippen molar-refractivity contribution in [2.24, 2.45) is 0 Å². The maximum absolute atomic E-state index is 13.4. The fourth-order valence-electron chi connectivity index (χ4n) is 3.29. The van der Waals surface area contributed by atoms with Crippen molar-refractivity contribution in [3.63, 3.8) is 0 Å². The zero-order valence-electron chi connectivity index (χ0n) is 16.9. The number of anilines is 1. The van der Waals surface area contributed by atoms with E-state index in [1.807, 2.05) is 0 Å². The lowest BCUT2D eigenvalue weighted by molar-refractivity contribution is -0.116. The standard InChI is InChI=1S/C23H18FN3O4S/c1-15-10-11-19-22(29)20(32(30,31)18-8-3-2-4-9-18)13-27(23(19)25-15)14-21(28)26-17-7-5-6-16(24)12-17/h2-13H,14H2,1H3,(H,26,28). The summed E-state index contributed by atoms with van der Waals surface area (Å²) in [4.78, 5) is 29.5. The van der Waals surface area contributed by atoms with Crippen molar-refractivity contribution in [1.29, 1.82) is 0 Å². The summed E-state index contributed by atoms with van der Waals surface area (Å²) < 4.78 is 41.0. The van der Waals surface area contributed by atoms with E-state index in [4.69, 9.17) is 0 Å². The topological polar surface area (TPSA) is 98.1 Å². The van der Waals surface area contributed by atoms with E-state index in [1.54, 1.807) is 31.2 Å². The van der Waals surface area contributed by atoms with E-state index in [9.17, 15) is 22.4 Å². The summed E-state index contributed by atoms with van der Waals surface area (Å²) in [6.45, 7) is 1.39. The lowest BCUT2D eigenvalue weighted by Gasteiger charge is -2.14. The van der Waals surface area contributed by atoms with Gasteiger partial charge in [-0.25, -0.2) is 17.8 Å². The van der Waals surface area contributed by atoms with Gasteiger partial charge >= 0.3 is 0 Å². The molecule has 0 spiro atoms. The molecule has 0 aliphatic rings. The molecule has 0 saturated carbocycles. The van der Waals surface area contributed by atoms with Gasteiger partial charge in [0.1, 0.15) is 22.9 Å². The van der Waals surface area contributed by atoms with Crippen molar-refractivity contribution in [2.45, 2.75) is 23.3 Å². The van der Waals surface area contributed by atoms with E-state index in [1.165, 1.54) is 41.0 Å². The third-order valence-electron chi connectivity index (χ3n) is 4.79. The van der Waals surface area contributed by atoms with Crippen molar-refractivity contribution in [1.82, 2.24) is 9.55 Å².